The molecule has 0 amide bonds. The van der Waals surface area contributed by atoms with Crippen molar-refractivity contribution in [3.63, 3.8) is 0 Å². The Hall–Kier alpha value is -0.980. The Morgan fingerprint density at radius 1 is 0.636 bits per heavy atom. The minimum Gasteiger partial charge on any atom is -0.396 e. The molecule has 8 fully saturated rings. The molecule has 5 aliphatic carbocycles. The molecule has 378 valence electrons. The molecule has 1 unspecified atom stereocenters. The van der Waals surface area contributed by atoms with Crippen molar-refractivity contribution in [3.05, 3.63) is 12.2 Å². The average Bonchev–Trinajstić information content (AvgIpc) is 3.55. The first-order chi connectivity index (χ1) is 30.9. The minimum absolute atomic E-state index is 0.0689. The Kier molecular flexibility index (Phi) is 12.9. The first-order valence-corrected chi connectivity index (χ1v) is 24.5. The molecule has 2 bridgehead atoms. The second-order valence-corrected chi connectivity index (χ2v) is 23.8. The van der Waals surface area contributed by atoms with Crippen LogP contribution in [0.2, 0.25) is 0 Å². The van der Waals surface area contributed by atoms with Crippen molar-refractivity contribution in [3.8, 4) is 0 Å². The Morgan fingerprint density at radius 3 is 1.98 bits per heavy atom. The molecule has 0 aromatic rings. The van der Waals surface area contributed by atoms with E-state index in [4.69, 9.17) is 33.2 Å². The molecule has 0 aromatic carbocycles. The van der Waals surface area contributed by atoms with Crippen LogP contribution >= 0.6 is 0 Å². The molecule has 18 nitrogen and oxygen atoms in total. The molecule has 18 heteroatoms. The van der Waals surface area contributed by atoms with Gasteiger partial charge in [0.1, 0.15) is 67.1 Å². The zero-order valence-electron chi connectivity index (χ0n) is 39.5. The molecule has 0 aromatic heterocycles. The summed E-state index contributed by atoms with van der Waals surface area (Å²) >= 11 is 0. The van der Waals surface area contributed by atoms with Crippen molar-refractivity contribution in [1.29, 1.82) is 0 Å². The van der Waals surface area contributed by atoms with Gasteiger partial charge in [0.15, 0.2) is 18.9 Å². The highest BCUT2D eigenvalue weighted by Gasteiger charge is 2.79. The Labute approximate surface area is 387 Å². The van der Waals surface area contributed by atoms with Crippen molar-refractivity contribution in [2.45, 2.75) is 210 Å². The molecule has 9 aliphatic rings. The maximum atomic E-state index is 12.2. The molecule has 26 atom stereocenters. The van der Waals surface area contributed by atoms with Gasteiger partial charge in [-0.3, -0.25) is 0 Å². The van der Waals surface area contributed by atoms with Gasteiger partial charge in [0.25, 0.3) is 0 Å². The van der Waals surface area contributed by atoms with Crippen LogP contribution in [0.4, 0.5) is 0 Å². The van der Waals surface area contributed by atoms with E-state index in [9.17, 15) is 56.2 Å². The van der Waals surface area contributed by atoms with Crippen molar-refractivity contribution in [2.24, 2.45) is 50.2 Å². The standard InChI is InChI=1S/C48H78O18/c1-22-30(52)32(54)36(58)40(62-22)66-38-24(19-60-39-35(57)33(55)31(53)23(18-49)63-39)64-41(37(59)34(38)56)65-29-10-11-43(4)25(44(29,5)20-50)8-12-45(6)26(43)9-13-48-27-16-42(2,3)14-15-47(27,21-61-48)28(51)17-46(45,48)7/h9,13,22-41,49-59H,8,10-12,14-21H2,1-7H3/t22-,23+,24+,25+,26+,27?,28-,29-,30-,31+,32+,33-,34+,35+,36+,37+,38+,39+,40-,41-,43-,44-,45+,46-,47+,48-/m0/s1. The van der Waals surface area contributed by atoms with Gasteiger partial charge >= 0.3 is 0 Å². The number of fused-ring (bicyclic) bond motifs is 4. The third-order valence-corrected chi connectivity index (χ3v) is 20.0. The van der Waals surface area contributed by atoms with Crippen LogP contribution in [0.1, 0.15) is 99.8 Å². The van der Waals surface area contributed by atoms with Crippen LogP contribution in [0.25, 0.3) is 0 Å². The molecule has 4 heterocycles. The van der Waals surface area contributed by atoms with Crippen molar-refractivity contribution >= 4 is 0 Å². The summed E-state index contributed by atoms with van der Waals surface area (Å²) in [4.78, 5) is 0. The van der Waals surface area contributed by atoms with Crippen molar-refractivity contribution in [2.75, 3.05) is 26.4 Å². The van der Waals surface area contributed by atoms with Crippen LogP contribution in [0, 0.1) is 50.2 Å². The largest absolute Gasteiger partial charge is 0.396 e. The number of allylic oxidation sites excluding steroid dienone is 1. The van der Waals surface area contributed by atoms with E-state index in [1.165, 1.54) is 6.92 Å². The summed E-state index contributed by atoms with van der Waals surface area (Å²) in [5.74, 6) is 0.207. The topological polar surface area (TPSA) is 287 Å². The smallest absolute Gasteiger partial charge is 0.187 e. The zero-order valence-corrected chi connectivity index (χ0v) is 39.5. The highest BCUT2D eigenvalue weighted by Crippen LogP contribution is 2.79. The maximum absolute atomic E-state index is 12.2. The lowest BCUT2D eigenvalue weighted by molar-refractivity contribution is -0.375. The van der Waals surface area contributed by atoms with Gasteiger partial charge in [-0.1, -0.05) is 53.7 Å². The summed E-state index contributed by atoms with van der Waals surface area (Å²) in [5, 5.41) is 120. The van der Waals surface area contributed by atoms with Crippen LogP contribution in [0.5, 0.6) is 0 Å². The van der Waals surface area contributed by atoms with E-state index >= 15 is 0 Å². The molecular formula is C48H78O18. The van der Waals surface area contributed by atoms with Gasteiger partial charge in [-0.25, -0.2) is 0 Å². The fourth-order valence-corrected chi connectivity index (χ4v) is 15.7. The first kappa shape index (κ1) is 50.0. The van der Waals surface area contributed by atoms with Gasteiger partial charge in [-0.2, -0.15) is 0 Å². The first-order valence-electron chi connectivity index (χ1n) is 24.5. The van der Waals surface area contributed by atoms with Crippen molar-refractivity contribution < 1.29 is 89.3 Å². The molecule has 66 heavy (non-hydrogen) atoms. The van der Waals surface area contributed by atoms with Crippen LogP contribution in [0.15, 0.2) is 12.2 Å². The lowest BCUT2D eigenvalue weighted by Gasteiger charge is -2.73. The van der Waals surface area contributed by atoms with E-state index in [0.717, 1.165) is 32.1 Å². The predicted octanol–water partition coefficient (Wildman–Crippen LogP) is -0.399. The fourth-order valence-electron chi connectivity index (χ4n) is 15.7. The Morgan fingerprint density at radius 2 is 1.29 bits per heavy atom. The van der Waals surface area contributed by atoms with Gasteiger partial charge in [0.2, 0.25) is 0 Å². The molecular weight excluding hydrogens is 865 g/mol. The highest BCUT2D eigenvalue weighted by atomic mass is 16.8. The molecule has 9 rings (SSSR count). The number of hydrogen-bond donors (Lipinski definition) is 11. The van der Waals surface area contributed by atoms with E-state index in [2.05, 4.69) is 46.8 Å². The lowest BCUT2D eigenvalue weighted by Crippen LogP contribution is -2.72. The van der Waals surface area contributed by atoms with Gasteiger partial charge in [-0.15, -0.1) is 0 Å². The lowest BCUT2D eigenvalue weighted by atomic mass is 9.32. The van der Waals surface area contributed by atoms with Crippen LogP contribution in [-0.4, -0.2) is 193 Å². The quantitative estimate of drug-likeness (QED) is 0.104. The number of hydrogen-bond acceptors (Lipinski definition) is 18. The van der Waals surface area contributed by atoms with Crippen LogP contribution < -0.4 is 0 Å². The number of ether oxygens (including phenoxy) is 7. The number of aliphatic hydroxyl groups excluding tert-OH is 11. The number of aliphatic hydroxyl groups is 11. The predicted molar refractivity (Wildman–Crippen MR) is 229 cm³/mol. The Bertz CT molecular complexity index is 1800. The van der Waals surface area contributed by atoms with E-state index in [0.29, 0.717) is 25.9 Å². The summed E-state index contributed by atoms with van der Waals surface area (Å²) < 4.78 is 43.3. The molecule has 4 aliphatic heterocycles. The van der Waals surface area contributed by atoms with Gasteiger partial charge in [-0.05, 0) is 86.4 Å². The van der Waals surface area contributed by atoms with Gasteiger partial charge in [0, 0.05) is 22.2 Å². The molecule has 0 radical (unpaired) electrons. The summed E-state index contributed by atoms with van der Waals surface area (Å²) in [6.45, 7) is 14.3. The summed E-state index contributed by atoms with van der Waals surface area (Å²) in [6.07, 6.45) is -13.6. The minimum atomic E-state index is -1.80. The van der Waals surface area contributed by atoms with Crippen LogP contribution in [-0.2, 0) is 33.2 Å². The molecule has 11 N–H and O–H groups in total. The second kappa shape index (κ2) is 17.1. The Balaban J connectivity index is 0.972. The van der Waals surface area contributed by atoms with Gasteiger partial charge in [0.05, 0.1) is 50.3 Å². The average molecular weight is 943 g/mol. The second-order valence-electron chi connectivity index (χ2n) is 23.8. The molecule has 1 spiro atoms. The normalized spacial score (nSPS) is 58.8. The summed E-state index contributed by atoms with van der Waals surface area (Å²) in [7, 11) is 0. The third-order valence-electron chi connectivity index (χ3n) is 20.0. The van der Waals surface area contributed by atoms with E-state index in [-0.39, 0.29) is 51.4 Å². The molecule has 4 saturated heterocycles. The van der Waals surface area contributed by atoms with Gasteiger partial charge < -0.3 is 89.3 Å². The summed E-state index contributed by atoms with van der Waals surface area (Å²) in [6, 6.07) is 0. The highest BCUT2D eigenvalue weighted by molar-refractivity contribution is 5.36. The zero-order chi connectivity index (χ0) is 47.9. The fraction of sp³-hybridized carbons (Fsp3) is 0.958. The molecule has 4 saturated carbocycles. The monoisotopic (exact) mass is 943 g/mol. The summed E-state index contributed by atoms with van der Waals surface area (Å²) in [5.41, 5.74) is -2.43. The van der Waals surface area contributed by atoms with Crippen LogP contribution in [0.3, 0.4) is 0 Å². The van der Waals surface area contributed by atoms with E-state index in [1.807, 2.05) is 6.92 Å². The number of rotatable bonds is 9. The van der Waals surface area contributed by atoms with E-state index < -0.39 is 129 Å². The maximum Gasteiger partial charge on any atom is 0.187 e. The third kappa shape index (κ3) is 7.08. The van der Waals surface area contributed by atoms with E-state index in [1.54, 1.807) is 0 Å². The van der Waals surface area contributed by atoms with Crippen molar-refractivity contribution in [1.82, 2.24) is 0 Å². The SMILES string of the molecule is C[C@@H]1O[C@@H](O[C@H]2[C@H](O)[C@@H](O)[C@H](O[C@H]3CC[C@@]4(C)[C@@H](CC[C@]5(C)[C@@H]4C=C[C@]46OC[C@@]7(CCC(C)(C)CC74)[C@@H](O)C[C@]65C)[C@]3(C)CO)O[C@@H]2CO[C@@H]2O[C@H](CO)[C@@H](O)[C@H](O)[C@H]2O)[C@H](O)[C@H](O)[C@H]1O.